The summed E-state index contributed by atoms with van der Waals surface area (Å²) in [5.74, 6) is 1.77. The van der Waals surface area contributed by atoms with Crippen LogP contribution in [0.15, 0.2) is 58.0 Å². The fraction of sp³-hybridized carbons (Fsp3) is 0.304. The van der Waals surface area contributed by atoms with Crippen LogP contribution >= 0.6 is 28.6 Å². The summed E-state index contributed by atoms with van der Waals surface area (Å²) in [6.07, 6.45) is 1.70. The molecule has 33 heavy (non-hydrogen) atoms. The number of benzene rings is 2. The van der Waals surface area contributed by atoms with E-state index in [1.54, 1.807) is 13.3 Å². The van der Waals surface area contributed by atoms with Gasteiger partial charge in [0.15, 0.2) is 0 Å². The van der Waals surface area contributed by atoms with Gasteiger partial charge in [-0.15, -0.1) is 12.6 Å². The number of methoxy groups -OCH3 is 1. The van der Waals surface area contributed by atoms with E-state index in [0.29, 0.717) is 30.7 Å². The van der Waals surface area contributed by atoms with Crippen LogP contribution in [0.5, 0.6) is 5.75 Å². The second-order valence-electron chi connectivity index (χ2n) is 7.28. The first-order chi connectivity index (χ1) is 16.1. The van der Waals surface area contributed by atoms with Crippen molar-refractivity contribution in [2.75, 3.05) is 62.2 Å². The second kappa shape index (κ2) is 11.6. The summed E-state index contributed by atoms with van der Waals surface area (Å²) >= 11 is 8.01. The normalized spacial score (nSPS) is 13.6. The molecule has 174 valence electrons. The highest BCUT2D eigenvalue weighted by Crippen LogP contribution is 2.33. The smallest absolute Gasteiger partial charge is 0.229 e. The predicted octanol–water partition coefficient (Wildman–Crippen LogP) is 4.88. The highest BCUT2D eigenvalue weighted by molar-refractivity contribution is 9.10. The Balaban J connectivity index is 1.57. The van der Waals surface area contributed by atoms with Crippen LogP contribution in [0.3, 0.4) is 0 Å². The van der Waals surface area contributed by atoms with E-state index in [2.05, 4.69) is 60.1 Å². The SMILES string of the molecule is COCCOc1cc(N2CCOCC2)ccc1Nc1ncc(Br)c(Nc2ccccc2S)n1. The lowest BCUT2D eigenvalue weighted by atomic mass is 10.2. The number of aromatic nitrogens is 2. The molecule has 1 saturated heterocycles. The van der Waals surface area contributed by atoms with Crippen molar-refractivity contribution in [1.82, 2.24) is 9.97 Å². The van der Waals surface area contributed by atoms with E-state index >= 15 is 0 Å². The third-order valence-electron chi connectivity index (χ3n) is 5.03. The molecule has 2 N–H and O–H groups in total. The van der Waals surface area contributed by atoms with Gasteiger partial charge >= 0.3 is 0 Å². The molecule has 1 aromatic heterocycles. The van der Waals surface area contributed by atoms with Gasteiger partial charge in [-0.05, 0) is 40.2 Å². The molecule has 0 radical (unpaired) electrons. The number of thiol groups is 1. The number of halogens is 1. The van der Waals surface area contributed by atoms with Crippen molar-refractivity contribution in [3.8, 4) is 5.75 Å². The molecule has 0 atom stereocenters. The van der Waals surface area contributed by atoms with Crippen LogP contribution in [-0.4, -0.2) is 56.6 Å². The molecule has 0 bridgehead atoms. The van der Waals surface area contributed by atoms with Gasteiger partial charge in [-0.3, -0.25) is 0 Å². The zero-order valence-electron chi connectivity index (χ0n) is 18.3. The predicted molar refractivity (Wildman–Crippen MR) is 137 cm³/mol. The molecule has 0 unspecified atom stereocenters. The minimum Gasteiger partial charge on any atom is -0.489 e. The first kappa shape index (κ1) is 23.6. The summed E-state index contributed by atoms with van der Waals surface area (Å²) in [4.78, 5) is 12.2. The fourth-order valence-electron chi connectivity index (χ4n) is 3.33. The molecular weight excluding hydrogens is 506 g/mol. The van der Waals surface area contributed by atoms with E-state index in [1.165, 1.54) is 0 Å². The van der Waals surface area contributed by atoms with Crippen LogP contribution in [0.4, 0.5) is 28.8 Å². The Bertz CT molecular complexity index is 1080. The molecule has 2 aromatic carbocycles. The maximum Gasteiger partial charge on any atom is 0.229 e. The monoisotopic (exact) mass is 531 g/mol. The molecule has 0 saturated carbocycles. The molecule has 0 amide bonds. The summed E-state index contributed by atoms with van der Waals surface area (Å²) in [5, 5.41) is 6.58. The second-order valence-corrected chi connectivity index (χ2v) is 8.61. The third-order valence-corrected chi connectivity index (χ3v) is 6.00. The van der Waals surface area contributed by atoms with Crippen LogP contribution in [-0.2, 0) is 9.47 Å². The quantitative estimate of drug-likeness (QED) is 0.266. The van der Waals surface area contributed by atoms with Crippen LogP contribution in [0.1, 0.15) is 0 Å². The van der Waals surface area contributed by atoms with Gasteiger partial charge in [-0.25, -0.2) is 4.98 Å². The van der Waals surface area contributed by atoms with Crippen molar-refractivity contribution in [2.24, 2.45) is 0 Å². The molecule has 4 rings (SSSR count). The molecule has 0 spiro atoms. The number of hydrogen-bond acceptors (Lipinski definition) is 9. The van der Waals surface area contributed by atoms with Gasteiger partial charge < -0.3 is 29.7 Å². The van der Waals surface area contributed by atoms with E-state index in [4.69, 9.17) is 14.2 Å². The molecule has 0 aliphatic carbocycles. The van der Waals surface area contributed by atoms with Gasteiger partial charge in [0, 0.05) is 43.0 Å². The first-order valence-corrected chi connectivity index (χ1v) is 11.8. The maximum absolute atomic E-state index is 6.01. The van der Waals surface area contributed by atoms with Crippen molar-refractivity contribution < 1.29 is 14.2 Å². The first-order valence-electron chi connectivity index (χ1n) is 10.6. The van der Waals surface area contributed by atoms with Gasteiger partial charge in [0.1, 0.15) is 18.2 Å². The Kier molecular flexibility index (Phi) is 8.27. The Labute approximate surface area is 207 Å². The van der Waals surface area contributed by atoms with E-state index < -0.39 is 0 Å². The molecule has 1 aliphatic heterocycles. The Morgan fingerprint density at radius 3 is 2.70 bits per heavy atom. The van der Waals surface area contributed by atoms with Crippen molar-refractivity contribution in [2.45, 2.75) is 4.90 Å². The van der Waals surface area contributed by atoms with Crippen LogP contribution in [0.2, 0.25) is 0 Å². The number of ether oxygens (including phenoxy) is 3. The number of nitrogens with zero attached hydrogens (tertiary/aromatic N) is 3. The number of rotatable bonds is 9. The molecule has 1 aliphatic rings. The summed E-state index contributed by atoms with van der Waals surface area (Å²) in [7, 11) is 1.65. The Hall–Kier alpha value is -2.53. The van der Waals surface area contributed by atoms with Gasteiger partial charge in [0.05, 0.1) is 35.7 Å². The molecule has 1 fully saturated rings. The minimum absolute atomic E-state index is 0.435. The average molecular weight is 532 g/mol. The summed E-state index contributed by atoms with van der Waals surface area (Å²) in [6.45, 7) is 4.07. The number of hydrogen-bond donors (Lipinski definition) is 3. The topological polar surface area (TPSA) is 80.8 Å². The minimum atomic E-state index is 0.435. The average Bonchev–Trinajstić information content (AvgIpc) is 2.84. The fourth-order valence-corrected chi connectivity index (χ4v) is 3.84. The van der Waals surface area contributed by atoms with Crippen molar-refractivity contribution in [3.63, 3.8) is 0 Å². The van der Waals surface area contributed by atoms with Crippen LogP contribution < -0.4 is 20.3 Å². The highest BCUT2D eigenvalue weighted by atomic mass is 79.9. The van der Waals surface area contributed by atoms with Gasteiger partial charge in [0.2, 0.25) is 5.95 Å². The van der Waals surface area contributed by atoms with Gasteiger partial charge in [-0.2, -0.15) is 4.98 Å². The molecular formula is C23H26BrN5O3S. The van der Waals surface area contributed by atoms with E-state index in [1.807, 2.05) is 36.4 Å². The molecule has 2 heterocycles. The van der Waals surface area contributed by atoms with Gasteiger partial charge in [0.25, 0.3) is 0 Å². The number of nitrogens with one attached hydrogen (secondary N) is 2. The summed E-state index contributed by atoms with van der Waals surface area (Å²) < 4.78 is 17.4. The Morgan fingerprint density at radius 1 is 1.09 bits per heavy atom. The van der Waals surface area contributed by atoms with Gasteiger partial charge in [-0.1, -0.05) is 12.1 Å². The Morgan fingerprint density at radius 2 is 1.91 bits per heavy atom. The number of anilines is 5. The zero-order valence-corrected chi connectivity index (χ0v) is 20.7. The lowest BCUT2D eigenvalue weighted by Gasteiger charge is -2.29. The van der Waals surface area contributed by atoms with E-state index in [9.17, 15) is 0 Å². The zero-order chi connectivity index (χ0) is 23.0. The number of morpholine rings is 1. The largest absolute Gasteiger partial charge is 0.489 e. The summed E-state index contributed by atoms with van der Waals surface area (Å²) in [6, 6.07) is 13.8. The van der Waals surface area contributed by atoms with Crippen LogP contribution in [0.25, 0.3) is 0 Å². The van der Waals surface area contributed by atoms with Crippen molar-refractivity contribution in [3.05, 3.63) is 53.1 Å². The molecule has 10 heteroatoms. The van der Waals surface area contributed by atoms with Crippen molar-refractivity contribution >= 4 is 57.4 Å². The van der Waals surface area contributed by atoms with E-state index in [-0.39, 0.29) is 0 Å². The lowest BCUT2D eigenvalue weighted by molar-refractivity contribution is 0.122. The lowest BCUT2D eigenvalue weighted by Crippen LogP contribution is -2.36. The highest BCUT2D eigenvalue weighted by Gasteiger charge is 2.15. The van der Waals surface area contributed by atoms with Crippen LogP contribution in [0, 0.1) is 0 Å². The third kappa shape index (κ3) is 6.29. The molecule has 3 aromatic rings. The summed E-state index contributed by atoms with van der Waals surface area (Å²) in [5.41, 5.74) is 2.70. The van der Waals surface area contributed by atoms with Crippen molar-refractivity contribution in [1.29, 1.82) is 0 Å². The maximum atomic E-state index is 6.01. The molecule has 8 nitrogen and oxygen atoms in total. The standard InChI is InChI=1S/C23H26BrN5O3S/c1-30-12-13-32-20-14-16(29-8-10-31-11-9-29)6-7-18(20)27-23-25-15-17(24)22(28-23)26-19-4-2-3-5-21(19)33/h2-7,14-15,33H,8-13H2,1H3,(H2,25,26,27,28). The van der Waals surface area contributed by atoms with E-state index in [0.717, 1.165) is 52.7 Å². The number of para-hydroxylation sites is 1.